The Morgan fingerprint density at radius 2 is 2.04 bits per heavy atom. The van der Waals surface area contributed by atoms with Crippen molar-refractivity contribution >= 4 is 28.2 Å². The van der Waals surface area contributed by atoms with Crippen molar-refractivity contribution in [3.8, 4) is 0 Å². The molecule has 2 N–H and O–H groups in total. The Balaban J connectivity index is 1.82. The van der Waals surface area contributed by atoms with Gasteiger partial charge in [-0.15, -0.1) is 11.3 Å². The molecule has 1 aromatic carbocycles. The highest BCUT2D eigenvalue weighted by Crippen LogP contribution is 2.39. The summed E-state index contributed by atoms with van der Waals surface area (Å²) < 4.78 is 0. The van der Waals surface area contributed by atoms with Gasteiger partial charge in [-0.1, -0.05) is 37.3 Å². The van der Waals surface area contributed by atoms with Crippen LogP contribution in [0.2, 0.25) is 0 Å². The highest BCUT2D eigenvalue weighted by Gasteiger charge is 2.28. The Kier molecular flexibility index (Phi) is 4.48. The SMILES string of the molecule is CC1CCc2c(sc(NC(=O)Cc3ccccc3)c2C(=O)O)C1. The second-order valence-electron chi connectivity index (χ2n) is 6.07. The zero-order valence-corrected chi connectivity index (χ0v) is 13.8. The Labute approximate surface area is 139 Å². The van der Waals surface area contributed by atoms with Crippen molar-refractivity contribution < 1.29 is 14.7 Å². The van der Waals surface area contributed by atoms with Gasteiger partial charge in [0.15, 0.2) is 0 Å². The number of benzene rings is 1. The van der Waals surface area contributed by atoms with E-state index in [1.807, 2.05) is 30.3 Å². The number of rotatable bonds is 4. The zero-order valence-electron chi connectivity index (χ0n) is 13.0. The predicted molar refractivity (Wildman–Crippen MR) is 91.2 cm³/mol. The fourth-order valence-electron chi connectivity index (χ4n) is 3.02. The van der Waals surface area contributed by atoms with Crippen LogP contribution in [0.5, 0.6) is 0 Å². The summed E-state index contributed by atoms with van der Waals surface area (Å²) >= 11 is 1.42. The molecule has 1 atom stereocenters. The molecular weight excluding hydrogens is 310 g/mol. The number of carboxylic acids is 1. The van der Waals surface area contributed by atoms with Crippen LogP contribution in [0.4, 0.5) is 5.00 Å². The van der Waals surface area contributed by atoms with Gasteiger partial charge >= 0.3 is 5.97 Å². The summed E-state index contributed by atoms with van der Waals surface area (Å²) in [6, 6.07) is 9.45. The minimum Gasteiger partial charge on any atom is -0.478 e. The number of hydrogen-bond donors (Lipinski definition) is 2. The van der Waals surface area contributed by atoms with E-state index >= 15 is 0 Å². The second kappa shape index (κ2) is 6.54. The molecule has 120 valence electrons. The van der Waals surface area contributed by atoms with E-state index < -0.39 is 5.97 Å². The highest BCUT2D eigenvalue weighted by atomic mass is 32.1. The first-order chi connectivity index (χ1) is 11.0. The highest BCUT2D eigenvalue weighted by molar-refractivity contribution is 7.17. The van der Waals surface area contributed by atoms with Crippen molar-refractivity contribution in [1.29, 1.82) is 0 Å². The Hall–Kier alpha value is -2.14. The maximum atomic E-state index is 12.2. The van der Waals surface area contributed by atoms with Gasteiger partial charge in [0, 0.05) is 4.88 Å². The summed E-state index contributed by atoms with van der Waals surface area (Å²) in [6.07, 6.45) is 2.93. The predicted octanol–water partition coefficient (Wildman–Crippen LogP) is 3.75. The quantitative estimate of drug-likeness (QED) is 0.897. The van der Waals surface area contributed by atoms with Gasteiger partial charge in [0.2, 0.25) is 5.91 Å². The van der Waals surface area contributed by atoms with E-state index in [1.165, 1.54) is 11.3 Å². The van der Waals surface area contributed by atoms with Crippen LogP contribution in [0.1, 0.15) is 39.7 Å². The van der Waals surface area contributed by atoms with E-state index in [4.69, 9.17) is 0 Å². The van der Waals surface area contributed by atoms with E-state index in [9.17, 15) is 14.7 Å². The van der Waals surface area contributed by atoms with Crippen LogP contribution in [0.25, 0.3) is 0 Å². The largest absolute Gasteiger partial charge is 0.478 e. The Bertz CT molecular complexity index is 736. The first-order valence-corrected chi connectivity index (χ1v) is 8.58. The summed E-state index contributed by atoms with van der Waals surface area (Å²) in [5, 5.41) is 12.8. The molecule has 1 aromatic heterocycles. The summed E-state index contributed by atoms with van der Waals surface area (Å²) in [7, 11) is 0. The van der Waals surface area contributed by atoms with Crippen LogP contribution in [0, 0.1) is 5.92 Å². The number of anilines is 1. The molecule has 5 heteroatoms. The number of carbonyl (C=O) groups is 2. The van der Waals surface area contributed by atoms with E-state index in [-0.39, 0.29) is 12.3 Å². The van der Waals surface area contributed by atoms with Gasteiger partial charge in [-0.05, 0) is 36.3 Å². The van der Waals surface area contributed by atoms with Crippen LogP contribution >= 0.6 is 11.3 Å². The average molecular weight is 329 g/mol. The van der Waals surface area contributed by atoms with Crippen LogP contribution in [0.15, 0.2) is 30.3 Å². The lowest BCUT2D eigenvalue weighted by Gasteiger charge is -2.17. The molecule has 23 heavy (non-hydrogen) atoms. The lowest BCUT2D eigenvalue weighted by molar-refractivity contribution is -0.115. The van der Waals surface area contributed by atoms with Crippen LogP contribution in [0.3, 0.4) is 0 Å². The minimum atomic E-state index is -0.952. The molecule has 1 unspecified atom stereocenters. The maximum Gasteiger partial charge on any atom is 0.339 e. The number of hydrogen-bond acceptors (Lipinski definition) is 3. The van der Waals surface area contributed by atoms with Crippen molar-refractivity contribution in [3.05, 3.63) is 51.9 Å². The van der Waals surface area contributed by atoms with Crippen LogP contribution in [-0.4, -0.2) is 17.0 Å². The fourth-order valence-corrected chi connectivity index (χ4v) is 4.44. The fraction of sp³-hybridized carbons (Fsp3) is 0.333. The van der Waals surface area contributed by atoms with E-state index in [2.05, 4.69) is 12.2 Å². The number of carboxylic acid groups (broad SMARTS) is 1. The normalized spacial score (nSPS) is 16.7. The maximum absolute atomic E-state index is 12.2. The Morgan fingerprint density at radius 3 is 2.74 bits per heavy atom. The van der Waals surface area contributed by atoms with E-state index in [0.717, 1.165) is 35.3 Å². The number of carbonyl (C=O) groups excluding carboxylic acids is 1. The van der Waals surface area contributed by atoms with Gasteiger partial charge in [-0.2, -0.15) is 0 Å². The molecular formula is C18H19NO3S. The molecule has 4 nitrogen and oxygen atoms in total. The van der Waals surface area contributed by atoms with Gasteiger partial charge in [-0.3, -0.25) is 4.79 Å². The molecule has 1 aliphatic rings. The monoisotopic (exact) mass is 329 g/mol. The second-order valence-corrected chi connectivity index (χ2v) is 7.18. The lowest BCUT2D eigenvalue weighted by Crippen LogP contribution is -2.16. The lowest BCUT2D eigenvalue weighted by atomic mass is 9.88. The third kappa shape index (κ3) is 3.45. The van der Waals surface area contributed by atoms with Crippen LogP contribution < -0.4 is 5.32 Å². The topological polar surface area (TPSA) is 66.4 Å². The number of fused-ring (bicyclic) bond motifs is 1. The van der Waals surface area contributed by atoms with Gasteiger partial charge in [0.1, 0.15) is 5.00 Å². The third-order valence-corrected chi connectivity index (χ3v) is 5.36. The third-order valence-electron chi connectivity index (χ3n) is 4.19. The number of aromatic carboxylic acids is 1. The van der Waals surface area contributed by atoms with E-state index in [1.54, 1.807) is 0 Å². The van der Waals surface area contributed by atoms with Crippen molar-refractivity contribution in [2.45, 2.75) is 32.6 Å². The smallest absolute Gasteiger partial charge is 0.339 e. The van der Waals surface area contributed by atoms with Gasteiger partial charge in [-0.25, -0.2) is 4.79 Å². The average Bonchev–Trinajstić information content (AvgIpc) is 2.84. The summed E-state index contributed by atoms with van der Waals surface area (Å²) in [4.78, 5) is 25.0. The molecule has 0 fully saturated rings. The molecule has 2 aromatic rings. The molecule has 0 aliphatic heterocycles. The number of amides is 1. The van der Waals surface area contributed by atoms with Gasteiger partial charge < -0.3 is 10.4 Å². The summed E-state index contributed by atoms with van der Waals surface area (Å²) in [6.45, 7) is 2.18. The molecule has 0 saturated heterocycles. The molecule has 1 aliphatic carbocycles. The molecule has 0 saturated carbocycles. The van der Waals surface area contributed by atoms with Crippen molar-refractivity contribution in [2.24, 2.45) is 5.92 Å². The summed E-state index contributed by atoms with van der Waals surface area (Å²) in [5.41, 5.74) is 2.12. The molecule has 0 spiro atoms. The van der Waals surface area contributed by atoms with Gasteiger partial charge in [0.25, 0.3) is 0 Å². The van der Waals surface area contributed by atoms with Crippen molar-refractivity contribution in [1.82, 2.24) is 0 Å². The standard InChI is InChI=1S/C18H19NO3S/c1-11-7-8-13-14(9-11)23-17(16(13)18(21)22)19-15(20)10-12-5-3-2-4-6-12/h2-6,11H,7-10H2,1H3,(H,19,20)(H,21,22). The molecule has 0 bridgehead atoms. The van der Waals surface area contributed by atoms with Crippen molar-refractivity contribution in [2.75, 3.05) is 5.32 Å². The van der Waals surface area contributed by atoms with Crippen molar-refractivity contribution in [3.63, 3.8) is 0 Å². The number of nitrogens with one attached hydrogen (secondary N) is 1. The van der Waals surface area contributed by atoms with Gasteiger partial charge in [0.05, 0.1) is 12.0 Å². The summed E-state index contributed by atoms with van der Waals surface area (Å²) in [5.74, 6) is -0.562. The Morgan fingerprint density at radius 1 is 1.30 bits per heavy atom. The molecule has 1 amide bonds. The first-order valence-electron chi connectivity index (χ1n) is 7.76. The van der Waals surface area contributed by atoms with E-state index in [0.29, 0.717) is 16.5 Å². The zero-order chi connectivity index (χ0) is 16.4. The minimum absolute atomic E-state index is 0.176. The number of thiophene rings is 1. The molecule has 3 rings (SSSR count). The molecule has 1 heterocycles. The first kappa shape index (κ1) is 15.7. The molecule has 0 radical (unpaired) electrons. The van der Waals surface area contributed by atoms with Crippen LogP contribution in [-0.2, 0) is 24.1 Å².